The van der Waals surface area contributed by atoms with Gasteiger partial charge in [-0.25, -0.2) is 9.97 Å². The molecule has 0 aliphatic heterocycles. The second kappa shape index (κ2) is 8.95. The number of benzene rings is 2. The summed E-state index contributed by atoms with van der Waals surface area (Å²) in [7, 11) is 0. The van der Waals surface area contributed by atoms with Gasteiger partial charge in [0.15, 0.2) is 5.76 Å². The number of thiazole rings is 1. The van der Waals surface area contributed by atoms with Gasteiger partial charge in [-0.15, -0.1) is 11.3 Å². The molecular weight excluding hydrogens is 420 g/mol. The first-order valence-corrected chi connectivity index (χ1v) is 10.9. The van der Waals surface area contributed by atoms with Crippen molar-refractivity contribution in [3.63, 3.8) is 0 Å². The first kappa shape index (κ1) is 19.8. The quantitative estimate of drug-likeness (QED) is 0.381. The number of nitrogens with zero attached hydrogens (tertiary/aromatic N) is 3. The maximum absolute atomic E-state index is 13.0. The number of aromatic nitrogens is 3. The van der Waals surface area contributed by atoms with Crippen LogP contribution in [0.5, 0.6) is 0 Å². The van der Waals surface area contributed by atoms with Gasteiger partial charge in [-0.1, -0.05) is 42.5 Å². The number of hydrogen-bond donors (Lipinski definition) is 1. The third-order valence-electron chi connectivity index (χ3n) is 4.89. The van der Waals surface area contributed by atoms with Crippen molar-refractivity contribution in [2.45, 2.75) is 6.54 Å². The van der Waals surface area contributed by atoms with Crippen molar-refractivity contribution in [3.05, 3.63) is 101 Å². The molecule has 0 atom stereocenters. The predicted molar refractivity (Wildman–Crippen MR) is 124 cm³/mol. The van der Waals surface area contributed by atoms with Crippen LogP contribution in [-0.2, 0) is 6.54 Å². The normalized spacial score (nSPS) is 10.8. The van der Waals surface area contributed by atoms with Gasteiger partial charge in [-0.2, -0.15) is 0 Å². The van der Waals surface area contributed by atoms with E-state index < -0.39 is 0 Å². The maximum atomic E-state index is 13.0. The van der Waals surface area contributed by atoms with Crippen LogP contribution in [0, 0.1) is 0 Å². The Labute approximate surface area is 188 Å². The molecule has 0 aliphatic carbocycles. The van der Waals surface area contributed by atoms with Crippen LogP contribution < -0.4 is 5.32 Å². The average molecular weight is 439 g/mol. The Kier molecular flexibility index (Phi) is 5.55. The van der Waals surface area contributed by atoms with Crippen LogP contribution in [0.15, 0.2) is 95.1 Å². The van der Waals surface area contributed by atoms with Gasteiger partial charge in [0.05, 0.1) is 24.0 Å². The zero-order valence-electron chi connectivity index (χ0n) is 16.9. The van der Waals surface area contributed by atoms with Crippen LogP contribution in [-0.4, -0.2) is 20.9 Å². The van der Waals surface area contributed by atoms with Crippen LogP contribution in [0.4, 0.5) is 0 Å². The number of pyridine rings is 1. The molecule has 5 rings (SSSR count). The van der Waals surface area contributed by atoms with Crippen molar-refractivity contribution in [3.8, 4) is 34.0 Å². The number of rotatable bonds is 6. The zero-order chi connectivity index (χ0) is 21.8. The van der Waals surface area contributed by atoms with Crippen molar-refractivity contribution < 1.29 is 9.21 Å². The molecule has 3 heterocycles. The minimum Gasteiger partial charge on any atom is -0.436 e. The van der Waals surface area contributed by atoms with Crippen LogP contribution in [0.2, 0.25) is 0 Å². The lowest BCUT2D eigenvalue weighted by Gasteiger charge is -2.07. The van der Waals surface area contributed by atoms with Crippen molar-refractivity contribution in [1.82, 2.24) is 20.3 Å². The van der Waals surface area contributed by atoms with Crippen LogP contribution in [0.25, 0.3) is 34.0 Å². The van der Waals surface area contributed by atoms with E-state index in [0.717, 1.165) is 21.8 Å². The van der Waals surface area contributed by atoms with E-state index in [1.54, 1.807) is 24.7 Å². The Morgan fingerprint density at radius 2 is 1.72 bits per heavy atom. The first-order valence-electron chi connectivity index (χ1n) is 10.0. The Hall–Kier alpha value is -4.10. The van der Waals surface area contributed by atoms with E-state index in [4.69, 9.17) is 4.42 Å². The Morgan fingerprint density at radius 1 is 0.938 bits per heavy atom. The molecule has 0 radical (unpaired) electrons. The molecule has 32 heavy (non-hydrogen) atoms. The summed E-state index contributed by atoms with van der Waals surface area (Å²) in [5.41, 5.74) is 3.94. The van der Waals surface area contributed by atoms with E-state index in [1.165, 1.54) is 11.3 Å². The highest BCUT2D eigenvalue weighted by atomic mass is 32.1. The van der Waals surface area contributed by atoms with Crippen molar-refractivity contribution in [2.24, 2.45) is 0 Å². The van der Waals surface area contributed by atoms with Crippen molar-refractivity contribution in [1.29, 1.82) is 0 Å². The second-order valence-electron chi connectivity index (χ2n) is 6.99. The van der Waals surface area contributed by atoms with E-state index in [0.29, 0.717) is 29.3 Å². The van der Waals surface area contributed by atoms with Gasteiger partial charge >= 0.3 is 0 Å². The number of nitrogens with one attached hydrogen (secondary N) is 1. The summed E-state index contributed by atoms with van der Waals surface area (Å²) in [6, 6.07) is 20.8. The number of oxazole rings is 1. The molecule has 6 nitrogen and oxygen atoms in total. The fourth-order valence-electron chi connectivity index (χ4n) is 3.30. The first-order chi connectivity index (χ1) is 15.8. The second-order valence-corrected chi connectivity index (χ2v) is 7.93. The smallest absolute Gasteiger partial charge is 0.252 e. The van der Waals surface area contributed by atoms with Gasteiger partial charge in [-0.05, 0) is 24.3 Å². The Balaban J connectivity index is 1.33. The fourth-order valence-corrected chi connectivity index (χ4v) is 4.04. The van der Waals surface area contributed by atoms with Gasteiger partial charge in [0, 0.05) is 34.5 Å². The molecule has 5 aromatic rings. The number of hydrogen-bond acceptors (Lipinski definition) is 6. The van der Waals surface area contributed by atoms with Crippen LogP contribution in [0.3, 0.4) is 0 Å². The van der Waals surface area contributed by atoms with E-state index in [2.05, 4.69) is 20.3 Å². The predicted octanol–water partition coefficient (Wildman–Crippen LogP) is 5.46. The Bertz CT molecular complexity index is 1350. The third-order valence-corrected chi connectivity index (χ3v) is 5.74. The van der Waals surface area contributed by atoms with Crippen molar-refractivity contribution in [2.75, 3.05) is 0 Å². The average Bonchev–Trinajstić information content (AvgIpc) is 3.54. The van der Waals surface area contributed by atoms with Crippen LogP contribution in [0.1, 0.15) is 15.4 Å². The highest BCUT2D eigenvalue weighted by Gasteiger charge is 2.17. The molecule has 0 aliphatic rings. The minimum absolute atomic E-state index is 0.208. The summed E-state index contributed by atoms with van der Waals surface area (Å²) in [5, 5.41) is 5.75. The molecule has 0 unspecified atom stereocenters. The van der Waals surface area contributed by atoms with Crippen LogP contribution >= 0.6 is 11.3 Å². The lowest BCUT2D eigenvalue weighted by Crippen LogP contribution is -2.23. The van der Waals surface area contributed by atoms with Gasteiger partial charge in [0.2, 0.25) is 5.89 Å². The van der Waals surface area contributed by atoms with Gasteiger partial charge in [0.25, 0.3) is 5.91 Å². The standard InChI is InChI=1S/C25H18N4O2S/c30-24(27-15-23-29-21(16-32-23)17-10-12-26-13-11-17)19-8-4-5-9-20(19)25-28-14-22(31-25)18-6-2-1-3-7-18/h1-14,16H,15H2,(H,27,30). The summed E-state index contributed by atoms with van der Waals surface area (Å²) >= 11 is 1.51. The molecule has 0 fully saturated rings. The van der Waals surface area contributed by atoms with Gasteiger partial charge in [0.1, 0.15) is 5.01 Å². The highest BCUT2D eigenvalue weighted by Crippen LogP contribution is 2.28. The number of amides is 1. The minimum atomic E-state index is -0.208. The van der Waals surface area contributed by atoms with E-state index >= 15 is 0 Å². The summed E-state index contributed by atoms with van der Waals surface area (Å²) < 4.78 is 5.96. The zero-order valence-corrected chi connectivity index (χ0v) is 17.8. The van der Waals surface area contributed by atoms with E-state index in [1.807, 2.05) is 66.0 Å². The largest absolute Gasteiger partial charge is 0.436 e. The molecule has 0 saturated carbocycles. The molecular formula is C25H18N4O2S. The summed E-state index contributed by atoms with van der Waals surface area (Å²) in [5.74, 6) is 0.854. The molecule has 0 spiro atoms. The fraction of sp³-hybridized carbons (Fsp3) is 0.0400. The summed E-state index contributed by atoms with van der Waals surface area (Å²) in [6.45, 7) is 0.337. The molecule has 1 amide bonds. The molecule has 3 aromatic heterocycles. The molecule has 2 aromatic carbocycles. The molecule has 156 valence electrons. The summed E-state index contributed by atoms with van der Waals surface area (Å²) in [4.78, 5) is 26.0. The monoisotopic (exact) mass is 438 g/mol. The highest BCUT2D eigenvalue weighted by molar-refractivity contribution is 7.09. The third kappa shape index (κ3) is 4.19. The molecule has 7 heteroatoms. The lowest BCUT2D eigenvalue weighted by atomic mass is 10.1. The van der Waals surface area contributed by atoms with Gasteiger partial charge < -0.3 is 9.73 Å². The topological polar surface area (TPSA) is 80.9 Å². The van der Waals surface area contributed by atoms with E-state index in [9.17, 15) is 4.79 Å². The number of carbonyl (C=O) groups excluding carboxylic acids is 1. The molecule has 0 saturated heterocycles. The summed E-state index contributed by atoms with van der Waals surface area (Å²) in [6.07, 6.45) is 5.15. The van der Waals surface area contributed by atoms with Crippen molar-refractivity contribution >= 4 is 17.2 Å². The SMILES string of the molecule is O=C(NCc1nc(-c2ccncc2)cs1)c1ccccc1-c1ncc(-c2ccccc2)o1. The number of carbonyl (C=O) groups is 1. The molecule has 1 N–H and O–H groups in total. The van der Waals surface area contributed by atoms with E-state index in [-0.39, 0.29) is 5.91 Å². The lowest BCUT2D eigenvalue weighted by molar-refractivity contribution is 0.0951. The molecule has 0 bridgehead atoms. The maximum Gasteiger partial charge on any atom is 0.252 e. The Morgan fingerprint density at radius 3 is 2.56 bits per heavy atom. The van der Waals surface area contributed by atoms with Gasteiger partial charge in [-0.3, -0.25) is 9.78 Å².